The number of fused-ring (bicyclic) bond motifs is 1. The van der Waals surface area contributed by atoms with Crippen LogP contribution in [0.25, 0.3) is 6.08 Å². The summed E-state index contributed by atoms with van der Waals surface area (Å²) < 4.78 is 19.0. The standard InChI is InChI=1S/C27H25BrN2O5S/c1-5-12-35-21-15-18(28)17(13-20(21)33-3)14-22-25(31)30-24(16-10-8-7-9-11-16)23(26(32)34-4)19(6-2)29-27(30)36-22/h5,7-11,13-15,24H,1,6,12H2,2-4H3/b22-14-/t24-/m1/s1. The number of hydrogen-bond acceptors (Lipinski definition) is 7. The summed E-state index contributed by atoms with van der Waals surface area (Å²) in [6.07, 6.45) is 3.95. The molecule has 1 atom stereocenters. The van der Waals surface area contributed by atoms with Crippen LogP contribution in [0.4, 0.5) is 0 Å². The number of aromatic nitrogens is 1. The van der Waals surface area contributed by atoms with Gasteiger partial charge in [0.25, 0.3) is 5.56 Å². The van der Waals surface area contributed by atoms with Crippen molar-refractivity contribution in [3.63, 3.8) is 0 Å². The number of methoxy groups -OCH3 is 2. The minimum atomic E-state index is -0.639. The molecule has 3 aromatic rings. The van der Waals surface area contributed by atoms with E-state index in [1.54, 1.807) is 36.0 Å². The van der Waals surface area contributed by atoms with Crippen LogP contribution in [0.15, 0.2) is 80.6 Å². The van der Waals surface area contributed by atoms with Crippen molar-refractivity contribution < 1.29 is 19.0 Å². The molecule has 36 heavy (non-hydrogen) atoms. The zero-order valence-electron chi connectivity index (χ0n) is 20.1. The molecule has 0 bridgehead atoms. The van der Waals surface area contributed by atoms with E-state index in [1.165, 1.54) is 18.4 Å². The maximum Gasteiger partial charge on any atom is 0.338 e. The van der Waals surface area contributed by atoms with E-state index in [0.29, 0.717) is 45.1 Å². The van der Waals surface area contributed by atoms with Gasteiger partial charge >= 0.3 is 5.97 Å². The molecular weight excluding hydrogens is 544 g/mol. The van der Waals surface area contributed by atoms with Crippen LogP contribution in [-0.4, -0.2) is 31.4 Å². The summed E-state index contributed by atoms with van der Waals surface area (Å²) in [6, 6.07) is 12.4. The van der Waals surface area contributed by atoms with Crippen molar-refractivity contribution in [3.05, 3.63) is 102 Å². The topological polar surface area (TPSA) is 79.1 Å². The average molecular weight is 569 g/mol. The maximum atomic E-state index is 13.8. The SMILES string of the molecule is C=CCOc1cc(Br)c(/C=c2\sc3n(c2=O)[C@H](c2ccccc2)C(C(=O)OC)=C(CC)N=3)cc1OC. The number of rotatable bonds is 8. The van der Waals surface area contributed by atoms with Gasteiger partial charge in [0.2, 0.25) is 0 Å². The second kappa shape index (κ2) is 11.1. The van der Waals surface area contributed by atoms with Gasteiger partial charge in [-0.1, -0.05) is 77.2 Å². The Morgan fingerprint density at radius 2 is 1.97 bits per heavy atom. The van der Waals surface area contributed by atoms with E-state index < -0.39 is 12.0 Å². The van der Waals surface area contributed by atoms with E-state index in [4.69, 9.17) is 19.2 Å². The summed E-state index contributed by atoms with van der Waals surface area (Å²) >= 11 is 4.85. The molecule has 2 heterocycles. The fraction of sp³-hybridized carbons (Fsp3) is 0.222. The van der Waals surface area contributed by atoms with E-state index in [0.717, 1.165) is 15.6 Å². The molecule has 0 fully saturated rings. The lowest BCUT2D eigenvalue weighted by atomic mass is 9.95. The lowest BCUT2D eigenvalue weighted by Crippen LogP contribution is -2.40. The van der Waals surface area contributed by atoms with Crippen molar-refractivity contribution in [1.82, 2.24) is 4.57 Å². The number of hydrogen-bond donors (Lipinski definition) is 0. The highest BCUT2D eigenvalue weighted by molar-refractivity contribution is 9.10. The monoisotopic (exact) mass is 568 g/mol. The van der Waals surface area contributed by atoms with Gasteiger partial charge in [-0.25, -0.2) is 9.79 Å². The Bertz CT molecular complexity index is 1520. The molecule has 0 aliphatic carbocycles. The molecule has 7 nitrogen and oxygen atoms in total. The highest BCUT2D eigenvalue weighted by Gasteiger charge is 2.33. The number of ether oxygens (including phenoxy) is 3. The molecule has 1 aromatic heterocycles. The second-order valence-electron chi connectivity index (χ2n) is 7.82. The van der Waals surface area contributed by atoms with E-state index in [-0.39, 0.29) is 5.56 Å². The lowest BCUT2D eigenvalue weighted by Gasteiger charge is -2.25. The molecular formula is C27H25BrN2O5S. The number of halogens is 1. The highest BCUT2D eigenvalue weighted by atomic mass is 79.9. The van der Waals surface area contributed by atoms with E-state index >= 15 is 0 Å². The average Bonchev–Trinajstić information content (AvgIpc) is 3.21. The highest BCUT2D eigenvalue weighted by Crippen LogP contribution is 2.34. The van der Waals surface area contributed by atoms with Crippen molar-refractivity contribution in [2.45, 2.75) is 19.4 Å². The van der Waals surface area contributed by atoms with Crippen LogP contribution in [0.2, 0.25) is 0 Å². The van der Waals surface area contributed by atoms with Gasteiger partial charge in [0.1, 0.15) is 6.61 Å². The fourth-order valence-electron chi connectivity index (χ4n) is 4.04. The summed E-state index contributed by atoms with van der Waals surface area (Å²) in [5.41, 5.74) is 2.27. The Hall–Kier alpha value is -3.43. The van der Waals surface area contributed by atoms with Gasteiger partial charge in [0.05, 0.1) is 36.1 Å². The molecule has 186 valence electrons. The number of benzene rings is 2. The molecule has 0 saturated heterocycles. The van der Waals surface area contributed by atoms with Crippen molar-refractivity contribution >= 4 is 39.3 Å². The second-order valence-corrected chi connectivity index (χ2v) is 9.69. The first-order chi connectivity index (χ1) is 17.4. The third kappa shape index (κ3) is 4.81. The molecule has 0 unspecified atom stereocenters. The largest absolute Gasteiger partial charge is 0.493 e. The molecule has 9 heteroatoms. The Kier molecular flexibility index (Phi) is 7.91. The van der Waals surface area contributed by atoms with Crippen LogP contribution in [0.3, 0.4) is 0 Å². The third-order valence-corrected chi connectivity index (χ3v) is 7.36. The molecule has 0 spiro atoms. The van der Waals surface area contributed by atoms with Crippen LogP contribution >= 0.6 is 27.3 Å². The smallest absolute Gasteiger partial charge is 0.338 e. The van der Waals surface area contributed by atoms with Crippen LogP contribution < -0.4 is 24.4 Å². The van der Waals surface area contributed by atoms with Gasteiger partial charge in [0.15, 0.2) is 16.3 Å². The number of allylic oxidation sites excluding steroid dienone is 1. The molecule has 2 aromatic carbocycles. The summed E-state index contributed by atoms with van der Waals surface area (Å²) in [4.78, 5) is 31.8. The molecule has 0 amide bonds. The predicted octanol–water partition coefficient (Wildman–Crippen LogP) is 4.13. The summed E-state index contributed by atoms with van der Waals surface area (Å²) in [7, 11) is 2.89. The Morgan fingerprint density at radius 1 is 1.22 bits per heavy atom. The van der Waals surface area contributed by atoms with E-state index in [1.807, 2.05) is 37.3 Å². The molecule has 1 aliphatic rings. The first-order valence-electron chi connectivity index (χ1n) is 11.2. The third-order valence-electron chi connectivity index (χ3n) is 5.69. The number of nitrogens with zero attached hydrogens (tertiary/aromatic N) is 2. The first-order valence-corrected chi connectivity index (χ1v) is 12.8. The van der Waals surface area contributed by atoms with Gasteiger partial charge in [-0.05, 0) is 35.8 Å². The Labute approximate surface area is 220 Å². The normalized spacial score (nSPS) is 15.2. The molecule has 4 rings (SSSR count). The number of carbonyl (C=O) groups is 1. The number of thiazole rings is 1. The van der Waals surface area contributed by atoms with Crippen LogP contribution in [0, 0.1) is 0 Å². The van der Waals surface area contributed by atoms with E-state index in [2.05, 4.69) is 22.5 Å². The zero-order valence-corrected chi connectivity index (χ0v) is 22.5. The number of carbonyl (C=O) groups excluding carboxylic acids is 1. The van der Waals surface area contributed by atoms with Gasteiger partial charge < -0.3 is 14.2 Å². The first kappa shape index (κ1) is 25.7. The fourth-order valence-corrected chi connectivity index (χ4v) is 5.49. The van der Waals surface area contributed by atoms with Crippen LogP contribution in [-0.2, 0) is 9.53 Å². The Balaban J connectivity index is 1.93. The van der Waals surface area contributed by atoms with Gasteiger partial charge in [-0.15, -0.1) is 0 Å². The lowest BCUT2D eigenvalue weighted by molar-refractivity contribution is -0.136. The van der Waals surface area contributed by atoms with Crippen molar-refractivity contribution in [2.75, 3.05) is 20.8 Å². The predicted molar refractivity (Wildman–Crippen MR) is 143 cm³/mol. The van der Waals surface area contributed by atoms with Gasteiger partial charge in [0, 0.05) is 4.47 Å². The molecule has 0 saturated carbocycles. The van der Waals surface area contributed by atoms with Crippen molar-refractivity contribution in [3.8, 4) is 11.5 Å². The molecule has 0 radical (unpaired) electrons. The summed E-state index contributed by atoms with van der Waals surface area (Å²) in [6.45, 7) is 5.93. The van der Waals surface area contributed by atoms with E-state index in [9.17, 15) is 9.59 Å². The summed E-state index contributed by atoms with van der Waals surface area (Å²) in [5.74, 6) is 0.589. The molecule has 0 N–H and O–H groups in total. The Morgan fingerprint density at radius 3 is 2.61 bits per heavy atom. The minimum Gasteiger partial charge on any atom is -0.493 e. The zero-order chi connectivity index (χ0) is 25.8. The quantitative estimate of drug-likeness (QED) is 0.301. The van der Waals surface area contributed by atoms with Gasteiger partial charge in [-0.2, -0.15) is 0 Å². The van der Waals surface area contributed by atoms with Crippen LogP contribution in [0.5, 0.6) is 11.5 Å². The van der Waals surface area contributed by atoms with Crippen molar-refractivity contribution in [2.24, 2.45) is 4.99 Å². The molecule has 1 aliphatic heterocycles. The van der Waals surface area contributed by atoms with Crippen LogP contribution in [0.1, 0.15) is 30.5 Å². The van der Waals surface area contributed by atoms with Crippen molar-refractivity contribution in [1.29, 1.82) is 0 Å². The summed E-state index contributed by atoms with van der Waals surface area (Å²) in [5, 5.41) is 0. The minimum absolute atomic E-state index is 0.248. The maximum absolute atomic E-state index is 13.8. The number of esters is 1. The van der Waals surface area contributed by atoms with Gasteiger partial charge in [-0.3, -0.25) is 9.36 Å².